The Morgan fingerprint density at radius 2 is 2.24 bits per heavy atom. The third-order valence-corrected chi connectivity index (χ3v) is 4.19. The van der Waals surface area contributed by atoms with E-state index in [4.69, 9.17) is 16.0 Å². The summed E-state index contributed by atoms with van der Waals surface area (Å²) in [6.45, 7) is 1.74. The third-order valence-electron chi connectivity index (χ3n) is 3.84. The Balaban J connectivity index is 2.18. The lowest BCUT2D eigenvalue weighted by Crippen LogP contribution is -2.18. The summed E-state index contributed by atoms with van der Waals surface area (Å²) in [5.41, 5.74) is 3.07. The smallest absolute Gasteiger partial charge is 0.243 e. The van der Waals surface area contributed by atoms with Crippen LogP contribution < -0.4 is 5.32 Å². The van der Waals surface area contributed by atoms with Crippen LogP contribution in [0.1, 0.15) is 16.9 Å². The molecule has 0 radical (unpaired) electrons. The highest BCUT2D eigenvalue weighted by Gasteiger charge is 2.22. The molecule has 0 atom stereocenters. The van der Waals surface area contributed by atoms with Crippen LogP contribution in [0.25, 0.3) is 17.0 Å². The Kier molecular flexibility index (Phi) is 3.74. The number of hydrogen-bond donors (Lipinski definition) is 1. The minimum Gasteiger partial charge on any atom is -0.456 e. The van der Waals surface area contributed by atoms with Crippen LogP contribution in [0.2, 0.25) is 5.02 Å². The summed E-state index contributed by atoms with van der Waals surface area (Å²) in [4.78, 5) is 13.6. The predicted octanol–water partition coefficient (Wildman–Crippen LogP) is 2.83. The quantitative estimate of drug-likeness (QED) is 0.868. The molecule has 4 nitrogen and oxygen atoms in total. The summed E-state index contributed by atoms with van der Waals surface area (Å²) in [5, 5.41) is 4.44. The number of nitrogens with zero attached hydrogens (tertiary/aromatic N) is 1. The van der Waals surface area contributed by atoms with E-state index in [1.54, 1.807) is 13.1 Å². The van der Waals surface area contributed by atoms with Crippen LogP contribution in [0.5, 0.6) is 0 Å². The molecule has 1 N–H and O–H groups in total. The van der Waals surface area contributed by atoms with Crippen molar-refractivity contribution in [3.05, 3.63) is 40.1 Å². The highest BCUT2D eigenvalue weighted by atomic mass is 35.5. The van der Waals surface area contributed by atoms with Gasteiger partial charge in [0.05, 0.1) is 0 Å². The molecule has 1 aliphatic heterocycles. The molecule has 0 aliphatic carbocycles. The van der Waals surface area contributed by atoms with Gasteiger partial charge in [-0.05, 0) is 37.2 Å². The van der Waals surface area contributed by atoms with E-state index in [0.29, 0.717) is 0 Å². The van der Waals surface area contributed by atoms with E-state index >= 15 is 0 Å². The van der Waals surface area contributed by atoms with Gasteiger partial charge in [0.25, 0.3) is 0 Å². The maximum absolute atomic E-state index is 11.4. The maximum atomic E-state index is 11.4. The topological polar surface area (TPSA) is 45.5 Å². The van der Waals surface area contributed by atoms with Gasteiger partial charge < -0.3 is 14.6 Å². The highest BCUT2D eigenvalue weighted by Crippen LogP contribution is 2.36. The molecule has 2 heterocycles. The summed E-state index contributed by atoms with van der Waals surface area (Å²) >= 11 is 6.35. The fourth-order valence-electron chi connectivity index (χ4n) is 2.74. The Morgan fingerprint density at radius 1 is 1.43 bits per heavy atom. The first-order chi connectivity index (χ1) is 10.1. The molecular formula is C16H17ClN2O2. The summed E-state index contributed by atoms with van der Waals surface area (Å²) in [5.74, 6) is 0.578. The molecule has 0 spiro atoms. The predicted molar refractivity (Wildman–Crippen MR) is 84.4 cm³/mol. The maximum Gasteiger partial charge on any atom is 0.243 e. The minimum absolute atomic E-state index is 0.150. The Labute approximate surface area is 128 Å². The van der Waals surface area contributed by atoms with E-state index in [2.05, 4.69) is 17.3 Å². The Bertz CT molecular complexity index is 733. The third kappa shape index (κ3) is 2.57. The van der Waals surface area contributed by atoms with E-state index in [9.17, 15) is 4.79 Å². The molecule has 21 heavy (non-hydrogen) atoms. The van der Waals surface area contributed by atoms with E-state index in [1.165, 1.54) is 6.08 Å². The molecule has 110 valence electrons. The first-order valence-electron chi connectivity index (χ1n) is 6.91. The van der Waals surface area contributed by atoms with Crippen molar-refractivity contribution in [3.63, 3.8) is 0 Å². The first-order valence-corrected chi connectivity index (χ1v) is 7.29. The van der Waals surface area contributed by atoms with Crippen molar-refractivity contribution in [2.45, 2.75) is 13.0 Å². The van der Waals surface area contributed by atoms with Gasteiger partial charge in [-0.1, -0.05) is 11.6 Å². The number of amides is 1. The van der Waals surface area contributed by atoms with Crippen LogP contribution in [0.3, 0.4) is 0 Å². The summed E-state index contributed by atoms with van der Waals surface area (Å²) in [6, 6.07) is 3.78. The van der Waals surface area contributed by atoms with Crippen LogP contribution in [0, 0.1) is 0 Å². The largest absolute Gasteiger partial charge is 0.456 e. The minimum atomic E-state index is -0.150. The molecule has 3 rings (SSSR count). The molecule has 1 aromatic heterocycles. The molecular weight excluding hydrogens is 288 g/mol. The molecule has 2 aromatic rings. The average molecular weight is 305 g/mol. The zero-order valence-electron chi connectivity index (χ0n) is 12.1. The molecule has 1 aliphatic rings. The Hall–Kier alpha value is -1.78. The molecule has 0 saturated carbocycles. The number of likely N-dealkylation sites (N-methyl/N-ethyl adjacent to an activating group) is 2. The lowest BCUT2D eigenvalue weighted by molar-refractivity contribution is -0.115. The molecule has 5 heteroatoms. The van der Waals surface area contributed by atoms with Crippen LogP contribution >= 0.6 is 11.6 Å². The van der Waals surface area contributed by atoms with E-state index in [-0.39, 0.29) is 5.91 Å². The van der Waals surface area contributed by atoms with Gasteiger partial charge in [-0.2, -0.15) is 0 Å². The van der Waals surface area contributed by atoms with Crippen LogP contribution in [-0.2, 0) is 17.8 Å². The molecule has 0 saturated heterocycles. The van der Waals surface area contributed by atoms with Gasteiger partial charge in [-0.15, -0.1) is 0 Å². The van der Waals surface area contributed by atoms with Crippen molar-refractivity contribution in [1.29, 1.82) is 0 Å². The number of furan rings is 1. The van der Waals surface area contributed by atoms with Crippen molar-refractivity contribution in [3.8, 4) is 0 Å². The molecule has 1 aromatic carbocycles. The van der Waals surface area contributed by atoms with E-state index < -0.39 is 0 Å². The molecule has 0 fully saturated rings. The van der Waals surface area contributed by atoms with Crippen LogP contribution in [0.15, 0.2) is 22.6 Å². The highest BCUT2D eigenvalue weighted by molar-refractivity contribution is 6.32. The van der Waals surface area contributed by atoms with Crippen molar-refractivity contribution in [1.82, 2.24) is 10.2 Å². The summed E-state index contributed by atoms with van der Waals surface area (Å²) in [6.07, 6.45) is 4.11. The van der Waals surface area contributed by atoms with Gasteiger partial charge in [0.1, 0.15) is 11.3 Å². The van der Waals surface area contributed by atoms with Crippen molar-refractivity contribution >= 4 is 34.6 Å². The lowest BCUT2D eigenvalue weighted by atomic mass is 10.0. The number of rotatable bonds is 2. The van der Waals surface area contributed by atoms with Gasteiger partial charge in [0.2, 0.25) is 5.91 Å². The van der Waals surface area contributed by atoms with Gasteiger partial charge in [-0.25, -0.2) is 0 Å². The van der Waals surface area contributed by atoms with Gasteiger partial charge >= 0.3 is 0 Å². The van der Waals surface area contributed by atoms with E-state index in [1.807, 2.05) is 12.1 Å². The van der Waals surface area contributed by atoms with Crippen LogP contribution in [-0.4, -0.2) is 31.4 Å². The molecule has 1 amide bonds. The number of nitrogens with one attached hydrogen (secondary N) is 1. The standard InChI is InChI=1S/C16H17ClN2O2/c1-18-15(20)6-5-13-11-9-19(2)8-7-10-12(17)3-4-14(21-13)16(10)11/h3-6H,7-9H2,1-2H3,(H,18,20). The number of halogens is 1. The second-order valence-electron chi connectivity index (χ2n) is 5.28. The first kappa shape index (κ1) is 14.2. The van der Waals surface area contributed by atoms with E-state index in [0.717, 1.165) is 52.4 Å². The average Bonchev–Trinajstić information content (AvgIpc) is 2.70. The Morgan fingerprint density at radius 3 is 3.00 bits per heavy atom. The fourth-order valence-corrected chi connectivity index (χ4v) is 2.99. The van der Waals surface area contributed by atoms with Crippen LogP contribution in [0.4, 0.5) is 0 Å². The lowest BCUT2D eigenvalue weighted by Gasteiger charge is -2.12. The normalized spacial score (nSPS) is 15.6. The molecule has 0 unspecified atom stereocenters. The van der Waals surface area contributed by atoms with Gasteiger partial charge in [0.15, 0.2) is 0 Å². The zero-order chi connectivity index (χ0) is 15.0. The number of carbonyl (C=O) groups is 1. The fraction of sp³-hybridized carbons (Fsp3) is 0.312. The van der Waals surface area contributed by atoms with Gasteiger partial charge in [-0.3, -0.25) is 4.79 Å². The number of carbonyl (C=O) groups excluding carboxylic acids is 1. The zero-order valence-corrected chi connectivity index (χ0v) is 12.8. The van der Waals surface area contributed by atoms with Crippen molar-refractivity contribution in [2.24, 2.45) is 0 Å². The second kappa shape index (κ2) is 5.54. The molecule has 0 bridgehead atoms. The summed E-state index contributed by atoms with van der Waals surface area (Å²) < 4.78 is 5.91. The number of benzene rings is 1. The van der Waals surface area contributed by atoms with Gasteiger partial charge in [0, 0.05) is 42.2 Å². The van der Waals surface area contributed by atoms with Crippen molar-refractivity contribution in [2.75, 3.05) is 20.6 Å². The monoisotopic (exact) mass is 304 g/mol. The van der Waals surface area contributed by atoms with Crippen molar-refractivity contribution < 1.29 is 9.21 Å². The number of hydrogen-bond acceptors (Lipinski definition) is 3. The second-order valence-corrected chi connectivity index (χ2v) is 5.69. The summed E-state index contributed by atoms with van der Waals surface area (Å²) in [7, 11) is 3.68. The SMILES string of the molecule is CNC(=O)C=Cc1oc2ccc(Cl)c3c2c1CN(C)CC3.